The monoisotopic (exact) mass is 352 g/mol. The lowest BCUT2D eigenvalue weighted by molar-refractivity contribution is -0.153. The van der Waals surface area contributed by atoms with Crippen LogP contribution in [0.4, 0.5) is 0 Å². The van der Waals surface area contributed by atoms with Crippen molar-refractivity contribution in [1.82, 2.24) is 0 Å². The summed E-state index contributed by atoms with van der Waals surface area (Å²) < 4.78 is 4.76. The van der Waals surface area contributed by atoms with E-state index in [4.69, 9.17) is 4.74 Å². The summed E-state index contributed by atoms with van der Waals surface area (Å²) >= 11 is 0. The zero-order valence-electron chi connectivity index (χ0n) is 16.7. The minimum Gasteiger partial charge on any atom is -0.393 e. The van der Waals surface area contributed by atoms with Gasteiger partial charge in [-0.3, -0.25) is 9.59 Å². The molecule has 3 heteroatoms. The van der Waals surface area contributed by atoms with Crippen molar-refractivity contribution in [3.8, 4) is 0 Å². The summed E-state index contributed by atoms with van der Waals surface area (Å²) in [7, 11) is 0. The zero-order chi connectivity index (χ0) is 18.3. The number of hydrogen-bond donors (Lipinski definition) is 0. The van der Waals surface area contributed by atoms with E-state index in [2.05, 4.69) is 13.8 Å². The molecule has 0 amide bonds. The normalized spacial score (nSPS) is 18.6. The van der Waals surface area contributed by atoms with Crippen molar-refractivity contribution in [2.24, 2.45) is 11.8 Å². The molecular weight excluding hydrogens is 312 g/mol. The van der Waals surface area contributed by atoms with Crippen molar-refractivity contribution in [1.29, 1.82) is 0 Å². The first-order valence-electron chi connectivity index (χ1n) is 10.9. The van der Waals surface area contributed by atoms with Gasteiger partial charge in [0.25, 0.3) is 0 Å². The number of esters is 2. The molecule has 2 atom stereocenters. The van der Waals surface area contributed by atoms with Gasteiger partial charge in [-0.1, -0.05) is 97.3 Å². The van der Waals surface area contributed by atoms with Gasteiger partial charge in [0, 0.05) is 0 Å². The Labute approximate surface area is 155 Å². The molecule has 0 aromatic heterocycles. The van der Waals surface area contributed by atoms with Crippen molar-refractivity contribution in [2.75, 3.05) is 0 Å². The largest absolute Gasteiger partial charge is 0.393 e. The Balaban J connectivity index is 2.08. The van der Waals surface area contributed by atoms with Crippen molar-refractivity contribution in [3.63, 3.8) is 0 Å². The summed E-state index contributed by atoms with van der Waals surface area (Å²) in [5.41, 5.74) is 0. The molecule has 0 N–H and O–H groups in total. The van der Waals surface area contributed by atoms with E-state index in [-0.39, 0.29) is 17.9 Å². The molecule has 1 fully saturated rings. The van der Waals surface area contributed by atoms with E-state index in [1.165, 1.54) is 70.6 Å². The second-order valence-electron chi connectivity index (χ2n) is 7.83. The Bertz CT molecular complexity index is 364. The van der Waals surface area contributed by atoms with Crippen molar-refractivity contribution in [3.05, 3.63) is 0 Å². The molecule has 1 rings (SSSR count). The second kappa shape index (κ2) is 14.3. The third kappa shape index (κ3) is 10.0. The average Bonchev–Trinajstić information content (AvgIpc) is 2.93. The number of unbranched alkanes of at least 4 members (excludes halogenated alkanes) is 11. The van der Waals surface area contributed by atoms with Crippen LogP contribution in [0.25, 0.3) is 0 Å². The van der Waals surface area contributed by atoms with Crippen LogP contribution < -0.4 is 0 Å². The molecule has 0 aliphatic carbocycles. The standard InChI is InChI=1S/C22H40O3/c1-3-5-7-8-9-10-11-12-13-14-15-17-19(16-6-4-2)20-18-21(23)25-22(20)24/h19-20H,3-18H2,1-2H3. The van der Waals surface area contributed by atoms with E-state index >= 15 is 0 Å². The maximum Gasteiger partial charge on any atom is 0.317 e. The molecular formula is C22H40O3. The topological polar surface area (TPSA) is 43.4 Å². The van der Waals surface area contributed by atoms with E-state index in [1.54, 1.807) is 0 Å². The van der Waals surface area contributed by atoms with E-state index < -0.39 is 0 Å². The number of carbonyl (C=O) groups is 2. The Morgan fingerprint density at radius 1 is 0.760 bits per heavy atom. The number of rotatable bonds is 16. The molecule has 1 saturated heterocycles. The van der Waals surface area contributed by atoms with E-state index in [0.717, 1.165) is 25.7 Å². The van der Waals surface area contributed by atoms with Crippen LogP contribution in [0.2, 0.25) is 0 Å². The highest BCUT2D eigenvalue weighted by molar-refractivity contribution is 5.94. The predicted molar refractivity (Wildman–Crippen MR) is 103 cm³/mol. The molecule has 25 heavy (non-hydrogen) atoms. The first kappa shape index (κ1) is 22.2. The van der Waals surface area contributed by atoms with Crippen LogP contribution in [0, 0.1) is 11.8 Å². The number of hydrogen-bond acceptors (Lipinski definition) is 3. The summed E-state index contributed by atoms with van der Waals surface area (Å²) in [5.74, 6) is -0.413. The lowest BCUT2D eigenvalue weighted by Crippen LogP contribution is -2.19. The first-order valence-corrected chi connectivity index (χ1v) is 10.9. The molecule has 1 heterocycles. The summed E-state index contributed by atoms with van der Waals surface area (Å²) in [6.45, 7) is 4.44. The molecule has 2 unspecified atom stereocenters. The van der Waals surface area contributed by atoms with Gasteiger partial charge in [-0.25, -0.2) is 0 Å². The molecule has 0 spiro atoms. The molecule has 0 bridgehead atoms. The third-order valence-electron chi connectivity index (χ3n) is 5.58. The fourth-order valence-corrected chi connectivity index (χ4v) is 3.94. The quantitative estimate of drug-likeness (QED) is 0.179. The molecule has 0 aromatic carbocycles. The number of carbonyl (C=O) groups excluding carboxylic acids is 2. The van der Waals surface area contributed by atoms with Gasteiger partial charge in [-0.2, -0.15) is 0 Å². The summed E-state index contributed by atoms with van der Waals surface area (Å²) in [6.07, 6.45) is 19.5. The van der Waals surface area contributed by atoms with Gasteiger partial charge in [0.05, 0.1) is 12.3 Å². The average molecular weight is 353 g/mol. The van der Waals surface area contributed by atoms with Crippen LogP contribution in [0.1, 0.15) is 117 Å². The lowest BCUT2D eigenvalue weighted by atomic mass is 9.83. The van der Waals surface area contributed by atoms with Crippen molar-refractivity contribution in [2.45, 2.75) is 117 Å². The van der Waals surface area contributed by atoms with Crippen LogP contribution in [-0.2, 0) is 14.3 Å². The second-order valence-corrected chi connectivity index (χ2v) is 7.83. The van der Waals surface area contributed by atoms with E-state index in [0.29, 0.717) is 12.3 Å². The molecule has 0 aromatic rings. The molecule has 146 valence electrons. The lowest BCUT2D eigenvalue weighted by Gasteiger charge is -2.20. The Morgan fingerprint density at radius 2 is 1.24 bits per heavy atom. The van der Waals surface area contributed by atoms with Gasteiger partial charge in [0.15, 0.2) is 0 Å². The minimum atomic E-state index is -0.324. The van der Waals surface area contributed by atoms with Gasteiger partial charge in [0.1, 0.15) is 0 Å². The summed E-state index contributed by atoms with van der Waals surface area (Å²) in [6, 6.07) is 0. The maximum absolute atomic E-state index is 11.8. The van der Waals surface area contributed by atoms with E-state index in [9.17, 15) is 9.59 Å². The maximum atomic E-state index is 11.8. The SMILES string of the molecule is CCCCCCCCCCCCCC(CCCC)C1CC(=O)OC1=O. The number of cyclic esters (lactones) is 2. The van der Waals surface area contributed by atoms with Crippen LogP contribution in [0.3, 0.4) is 0 Å². The van der Waals surface area contributed by atoms with Crippen LogP contribution >= 0.6 is 0 Å². The molecule has 3 nitrogen and oxygen atoms in total. The minimum absolute atomic E-state index is 0.165. The van der Waals surface area contributed by atoms with Gasteiger partial charge in [-0.05, 0) is 18.8 Å². The van der Waals surface area contributed by atoms with Crippen LogP contribution in [-0.4, -0.2) is 11.9 Å². The van der Waals surface area contributed by atoms with Crippen LogP contribution in [0.5, 0.6) is 0 Å². The third-order valence-corrected chi connectivity index (χ3v) is 5.58. The number of ether oxygens (including phenoxy) is 1. The van der Waals surface area contributed by atoms with Crippen molar-refractivity contribution < 1.29 is 14.3 Å². The summed E-state index contributed by atoms with van der Waals surface area (Å²) in [4.78, 5) is 23.2. The predicted octanol–water partition coefficient (Wildman–Crippen LogP) is 6.58. The molecule has 0 radical (unpaired) electrons. The molecule has 0 saturated carbocycles. The molecule has 1 aliphatic heterocycles. The highest BCUT2D eigenvalue weighted by Gasteiger charge is 2.38. The summed E-state index contributed by atoms with van der Waals surface area (Å²) in [5, 5.41) is 0. The fourth-order valence-electron chi connectivity index (χ4n) is 3.94. The van der Waals surface area contributed by atoms with Crippen molar-refractivity contribution >= 4 is 11.9 Å². The first-order chi connectivity index (χ1) is 12.2. The smallest absolute Gasteiger partial charge is 0.317 e. The Hall–Kier alpha value is -0.860. The highest BCUT2D eigenvalue weighted by Crippen LogP contribution is 2.32. The zero-order valence-corrected chi connectivity index (χ0v) is 16.7. The van der Waals surface area contributed by atoms with E-state index in [1.807, 2.05) is 0 Å². The van der Waals surface area contributed by atoms with Gasteiger partial charge in [0.2, 0.25) is 0 Å². The Morgan fingerprint density at radius 3 is 1.72 bits per heavy atom. The highest BCUT2D eigenvalue weighted by atomic mass is 16.6. The van der Waals surface area contributed by atoms with Gasteiger partial charge in [-0.15, -0.1) is 0 Å². The van der Waals surface area contributed by atoms with Gasteiger partial charge >= 0.3 is 11.9 Å². The molecule has 1 aliphatic rings. The fraction of sp³-hybridized carbons (Fsp3) is 0.909. The Kier molecular flexibility index (Phi) is 12.7. The van der Waals surface area contributed by atoms with Crippen LogP contribution in [0.15, 0.2) is 0 Å². The van der Waals surface area contributed by atoms with Gasteiger partial charge < -0.3 is 4.74 Å².